The van der Waals surface area contributed by atoms with Gasteiger partial charge in [0.15, 0.2) is 0 Å². The maximum Gasteiger partial charge on any atom is 0.271 e. The molecule has 1 aliphatic rings. The van der Waals surface area contributed by atoms with Crippen molar-refractivity contribution in [2.75, 3.05) is 24.7 Å². The van der Waals surface area contributed by atoms with Crippen LogP contribution in [0.15, 0.2) is 82.4 Å². The third-order valence-electron chi connectivity index (χ3n) is 5.46. The van der Waals surface area contributed by atoms with E-state index in [0.29, 0.717) is 17.9 Å². The molecule has 0 bridgehead atoms. The third-order valence-corrected chi connectivity index (χ3v) is 7.35. The maximum atomic E-state index is 12.5. The Morgan fingerprint density at radius 2 is 1.88 bits per heavy atom. The van der Waals surface area contributed by atoms with E-state index in [1.54, 1.807) is 30.1 Å². The van der Waals surface area contributed by atoms with Crippen molar-refractivity contribution in [3.8, 4) is 0 Å². The SMILES string of the molecule is CN(C)c1ccc(/C=N\NC(=O)c2ccc([C@@H]3SCC(=O)N3Cc3ccccc3)cc2)cc1Br. The van der Waals surface area contributed by atoms with Gasteiger partial charge in [0.05, 0.1) is 17.7 Å². The molecule has 1 aliphatic heterocycles. The Hall–Kier alpha value is -3.10. The maximum absolute atomic E-state index is 12.5. The molecule has 3 aromatic carbocycles. The Morgan fingerprint density at radius 1 is 1.15 bits per heavy atom. The van der Waals surface area contributed by atoms with Gasteiger partial charge in [-0.1, -0.05) is 48.5 Å². The van der Waals surface area contributed by atoms with Gasteiger partial charge in [0.1, 0.15) is 5.37 Å². The first-order valence-electron chi connectivity index (χ1n) is 10.8. The van der Waals surface area contributed by atoms with Gasteiger partial charge in [-0.05, 0) is 56.9 Å². The Labute approximate surface area is 212 Å². The van der Waals surface area contributed by atoms with Gasteiger partial charge < -0.3 is 9.80 Å². The number of anilines is 1. The van der Waals surface area contributed by atoms with Crippen molar-refractivity contribution in [3.05, 3.63) is 99.5 Å². The average Bonchev–Trinajstić information content (AvgIpc) is 3.19. The van der Waals surface area contributed by atoms with Crippen molar-refractivity contribution in [1.29, 1.82) is 0 Å². The lowest BCUT2D eigenvalue weighted by molar-refractivity contribution is -0.128. The van der Waals surface area contributed by atoms with E-state index in [1.807, 2.05) is 84.6 Å². The van der Waals surface area contributed by atoms with Crippen molar-refractivity contribution in [2.24, 2.45) is 5.10 Å². The summed E-state index contributed by atoms with van der Waals surface area (Å²) in [5.74, 6) is 0.295. The summed E-state index contributed by atoms with van der Waals surface area (Å²) in [4.78, 5) is 28.9. The molecule has 1 N–H and O–H groups in total. The van der Waals surface area contributed by atoms with Crippen LogP contribution < -0.4 is 10.3 Å². The lowest BCUT2D eigenvalue weighted by Gasteiger charge is -2.24. The number of carbonyl (C=O) groups excluding carboxylic acids is 2. The van der Waals surface area contributed by atoms with Crippen LogP contribution in [0.4, 0.5) is 5.69 Å². The standard InChI is InChI=1S/C26H25BrN4O2S/c1-30(2)23-13-8-19(14-22(23)27)15-28-29-25(33)20-9-11-21(12-10-20)26-31(24(32)17-34-26)16-18-6-4-3-5-7-18/h3-15,26H,16-17H2,1-2H3,(H,29,33)/b28-15-/t26-/m0/s1. The summed E-state index contributed by atoms with van der Waals surface area (Å²) >= 11 is 5.16. The van der Waals surface area contributed by atoms with Gasteiger partial charge in [-0.3, -0.25) is 9.59 Å². The molecule has 4 rings (SSSR count). The largest absolute Gasteiger partial charge is 0.377 e. The first-order valence-corrected chi connectivity index (χ1v) is 12.6. The normalized spacial score (nSPS) is 15.7. The highest BCUT2D eigenvalue weighted by atomic mass is 79.9. The molecular weight excluding hydrogens is 512 g/mol. The van der Waals surface area contributed by atoms with Crippen LogP contribution in [0, 0.1) is 0 Å². The van der Waals surface area contributed by atoms with Crippen LogP contribution in [0.5, 0.6) is 0 Å². The van der Waals surface area contributed by atoms with Crippen LogP contribution in [0.1, 0.15) is 32.4 Å². The highest BCUT2D eigenvalue weighted by Gasteiger charge is 2.32. The molecule has 1 heterocycles. The van der Waals surface area contributed by atoms with Crippen molar-refractivity contribution in [2.45, 2.75) is 11.9 Å². The number of nitrogens with zero attached hydrogens (tertiary/aromatic N) is 3. The van der Waals surface area contributed by atoms with Crippen molar-refractivity contribution < 1.29 is 9.59 Å². The zero-order valence-electron chi connectivity index (χ0n) is 18.9. The van der Waals surface area contributed by atoms with E-state index in [0.717, 1.165) is 26.9 Å². The Morgan fingerprint density at radius 3 is 2.56 bits per heavy atom. The molecule has 0 aromatic heterocycles. The molecule has 0 aliphatic carbocycles. The molecule has 3 aromatic rings. The minimum absolute atomic E-state index is 0.0635. The van der Waals surface area contributed by atoms with Gasteiger partial charge in [0.2, 0.25) is 5.91 Å². The van der Waals surface area contributed by atoms with Gasteiger partial charge in [0, 0.05) is 30.7 Å². The van der Waals surface area contributed by atoms with Gasteiger partial charge in [0.25, 0.3) is 5.91 Å². The van der Waals surface area contributed by atoms with Gasteiger partial charge in [-0.2, -0.15) is 5.10 Å². The third kappa shape index (κ3) is 5.69. The summed E-state index contributed by atoms with van der Waals surface area (Å²) in [6, 6.07) is 23.2. The van der Waals surface area contributed by atoms with Gasteiger partial charge in [-0.25, -0.2) is 5.43 Å². The summed E-state index contributed by atoms with van der Waals surface area (Å²) in [5.41, 5.74) is 7.11. The zero-order valence-corrected chi connectivity index (χ0v) is 21.3. The number of hydrazone groups is 1. The predicted molar refractivity (Wildman–Crippen MR) is 142 cm³/mol. The molecule has 174 valence electrons. The molecule has 0 spiro atoms. The minimum Gasteiger partial charge on any atom is -0.377 e. The van der Waals surface area contributed by atoms with Crippen LogP contribution in [-0.2, 0) is 11.3 Å². The van der Waals surface area contributed by atoms with E-state index in [2.05, 4.69) is 26.5 Å². The fourth-order valence-electron chi connectivity index (χ4n) is 3.68. The molecule has 1 fully saturated rings. The number of hydrogen-bond donors (Lipinski definition) is 1. The topological polar surface area (TPSA) is 65.0 Å². The number of benzene rings is 3. The molecule has 0 radical (unpaired) electrons. The average molecular weight is 537 g/mol. The van der Waals surface area contributed by atoms with E-state index >= 15 is 0 Å². The number of nitrogens with one attached hydrogen (secondary N) is 1. The van der Waals surface area contributed by atoms with E-state index in [1.165, 1.54) is 0 Å². The molecule has 2 amide bonds. The fourth-order valence-corrected chi connectivity index (χ4v) is 5.62. The van der Waals surface area contributed by atoms with Gasteiger partial charge >= 0.3 is 0 Å². The second kappa shape index (κ2) is 10.9. The predicted octanol–water partition coefficient (Wildman–Crippen LogP) is 5.05. The summed E-state index contributed by atoms with van der Waals surface area (Å²) in [5, 5.41) is 4.02. The van der Waals surface area contributed by atoms with E-state index in [-0.39, 0.29) is 17.2 Å². The smallest absolute Gasteiger partial charge is 0.271 e. The van der Waals surface area contributed by atoms with E-state index in [4.69, 9.17) is 0 Å². The highest BCUT2D eigenvalue weighted by molar-refractivity contribution is 9.10. The Balaban J connectivity index is 1.39. The van der Waals surface area contributed by atoms with Crippen molar-refractivity contribution in [3.63, 3.8) is 0 Å². The number of thioether (sulfide) groups is 1. The number of carbonyl (C=O) groups is 2. The first-order chi connectivity index (χ1) is 16.4. The number of hydrogen-bond acceptors (Lipinski definition) is 5. The van der Waals surface area contributed by atoms with Crippen LogP contribution in [0.25, 0.3) is 0 Å². The van der Waals surface area contributed by atoms with Crippen LogP contribution in [-0.4, -0.2) is 42.8 Å². The van der Waals surface area contributed by atoms with Crippen molar-refractivity contribution >= 4 is 51.4 Å². The number of rotatable bonds is 7. The van der Waals surface area contributed by atoms with Crippen molar-refractivity contribution in [1.82, 2.24) is 10.3 Å². The molecule has 0 unspecified atom stereocenters. The van der Waals surface area contributed by atoms with E-state index in [9.17, 15) is 9.59 Å². The molecule has 6 nitrogen and oxygen atoms in total. The van der Waals surface area contributed by atoms with E-state index < -0.39 is 0 Å². The number of halogens is 1. The number of amides is 2. The summed E-state index contributed by atoms with van der Waals surface area (Å²) in [7, 11) is 3.95. The lowest BCUT2D eigenvalue weighted by atomic mass is 10.1. The quantitative estimate of drug-likeness (QED) is 0.338. The molecule has 0 saturated carbocycles. The fraction of sp³-hybridized carbons (Fsp3) is 0.192. The second-order valence-corrected chi connectivity index (χ2v) is 10.0. The minimum atomic E-state index is -0.289. The first kappa shape index (κ1) is 24.0. The second-order valence-electron chi connectivity index (χ2n) is 8.10. The van der Waals surface area contributed by atoms with Crippen LogP contribution >= 0.6 is 27.7 Å². The molecule has 34 heavy (non-hydrogen) atoms. The summed E-state index contributed by atoms with van der Waals surface area (Å²) in [6.45, 7) is 0.569. The lowest BCUT2D eigenvalue weighted by Crippen LogP contribution is -2.27. The molecule has 1 saturated heterocycles. The van der Waals surface area contributed by atoms with Gasteiger partial charge in [-0.15, -0.1) is 11.8 Å². The molecular formula is C26H25BrN4O2S. The summed E-state index contributed by atoms with van der Waals surface area (Å²) < 4.78 is 0.952. The van der Waals surface area contributed by atoms with Crippen LogP contribution in [0.3, 0.4) is 0 Å². The molecule has 8 heteroatoms. The monoisotopic (exact) mass is 536 g/mol. The Bertz CT molecular complexity index is 1200. The highest BCUT2D eigenvalue weighted by Crippen LogP contribution is 2.39. The van der Waals surface area contributed by atoms with Crippen LogP contribution in [0.2, 0.25) is 0 Å². The summed E-state index contributed by atoms with van der Waals surface area (Å²) in [6.07, 6.45) is 1.61. The molecule has 1 atom stereocenters. The Kier molecular flexibility index (Phi) is 7.70. The zero-order chi connectivity index (χ0) is 24.1.